The molecule has 0 spiro atoms. The van der Waals surface area contributed by atoms with E-state index in [1.54, 1.807) is 18.5 Å². The average Bonchev–Trinajstić information content (AvgIpc) is 3.23. The predicted molar refractivity (Wildman–Crippen MR) is 106 cm³/mol. The second-order valence-corrected chi connectivity index (χ2v) is 6.89. The summed E-state index contributed by atoms with van der Waals surface area (Å²) in [6.45, 7) is 5.88. The van der Waals surface area contributed by atoms with Crippen LogP contribution in [0.5, 0.6) is 0 Å². The van der Waals surface area contributed by atoms with Crippen molar-refractivity contribution in [2.24, 2.45) is 0 Å². The molecule has 2 aromatic heterocycles. The third-order valence-electron chi connectivity index (χ3n) is 4.27. The van der Waals surface area contributed by atoms with Crippen LogP contribution in [0, 0.1) is 13.8 Å². The molecule has 0 saturated carbocycles. The Morgan fingerprint density at radius 1 is 1.22 bits per heavy atom. The Hall–Kier alpha value is -2.93. The fourth-order valence-corrected chi connectivity index (χ4v) is 3.70. The number of carbonyl (C=O) groups is 2. The van der Waals surface area contributed by atoms with Crippen molar-refractivity contribution < 1.29 is 14.3 Å². The van der Waals surface area contributed by atoms with Gasteiger partial charge in [-0.25, -0.2) is 9.78 Å². The highest BCUT2D eigenvalue weighted by Crippen LogP contribution is 2.31. The maximum Gasteiger partial charge on any atom is 0.340 e. The van der Waals surface area contributed by atoms with E-state index in [-0.39, 0.29) is 18.4 Å². The molecule has 0 atom stereocenters. The van der Waals surface area contributed by atoms with Crippen LogP contribution in [0.1, 0.15) is 28.5 Å². The van der Waals surface area contributed by atoms with Gasteiger partial charge >= 0.3 is 5.97 Å². The van der Waals surface area contributed by atoms with Crippen LogP contribution < -0.4 is 5.32 Å². The van der Waals surface area contributed by atoms with Crippen molar-refractivity contribution in [1.29, 1.82) is 0 Å². The van der Waals surface area contributed by atoms with Crippen molar-refractivity contribution >= 4 is 28.3 Å². The topological polar surface area (TPSA) is 73.2 Å². The molecule has 0 saturated heterocycles. The third kappa shape index (κ3) is 3.93. The summed E-state index contributed by atoms with van der Waals surface area (Å²) in [6, 6.07) is 9.72. The minimum Gasteiger partial charge on any atom is -0.462 e. The van der Waals surface area contributed by atoms with Gasteiger partial charge in [0.2, 0.25) is 5.91 Å². The summed E-state index contributed by atoms with van der Waals surface area (Å²) >= 11 is 1.36. The Balaban J connectivity index is 2.03. The van der Waals surface area contributed by atoms with Crippen molar-refractivity contribution in [3.63, 3.8) is 0 Å². The number of esters is 1. The first-order chi connectivity index (χ1) is 13.0. The number of nitrogens with one attached hydrogen (secondary N) is 1. The van der Waals surface area contributed by atoms with E-state index in [0.29, 0.717) is 23.0 Å². The molecule has 0 bridgehead atoms. The van der Waals surface area contributed by atoms with Gasteiger partial charge in [0.05, 0.1) is 17.9 Å². The van der Waals surface area contributed by atoms with Gasteiger partial charge in [0.25, 0.3) is 0 Å². The van der Waals surface area contributed by atoms with Crippen molar-refractivity contribution in [2.45, 2.75) is 27.3 Å². The zero-order valence-electron chi connectivity index (χ0n) is 15.5. The fourth-order valence-electron chi connectivity index (χ4n) is 3.15. The lowest BCUT2D eigenvalue weighted by Gasteiger charge is -2.12. The lowest BCUT2D eigenvalue weighted by atomic mass is 10.1. The number of anilines is 1. The fraction of sp³-hybridized carbons (Fsp3) is 0.250. The van der Waals surface area contributed by atoms with Crippen LogP contribution in [0.15, 0.2) is 41.9 Å². The van der Waals surface area contributed by atoms with Crippen LogP contribution in [0.4, 0.5) is 5.13 Å². The number of carbonyl (C=O) groups excluding carboxylic acids is 2. The molecule has 27 heavy (non-hydrogen) atoms. The molecule has 0 unspecified atom stereocenters. The molecular formula is C20H21N3O3S. The Bertz CT molecular complexity index is 947. The third-order valence-corrected chi connectivity index (χ3v) is 4.96. The Kier molecular flexibility index (Phi) is 5.71. The van der Waals surface area contributed by atoms with Crippen LogP contribution in [-0.2, 0) is 16.1 Å². The van der Waals surface area contributed by atoms with E-state index in [0.717, 1.165) is 16.8 Å². The quantitative estimate of drug-likeness (QED) is 0.652. The van der Waals surface area contributed by atoms with Crippen molar-refractivity contribution in [2.75, 3.05) is 11.9 Å². The Labute approximate surface area is 161 Å². The minimum atomic E-state index is -0.372. The first-order valence-electron chi connectivity index (χ1n) is 8.64. The van der Waals surface area contributed by atoms with E-state index < -0.39 is 0 Å². The molecule has 2 heterocycles. The number of hydrogen-bond donors (Lipinski definition) is 1. The van der Waals surface area contributed by atoms with E-state index in [1.807, 2.05) is 48.7 Å². The predicted octanol–water partition coefficient (Wildman–Crippen LogP) is 4.04. The molecule has 1 N–H and O–H groups in total. The van der Waals surface area contributed by atoms with E-state index in [4.69, 9.17) is 4.74 Å². The summed E-state index contributed by atoms with van der Waals surface area (Å²) in [6.07, 6.45) is 1.64. The van der Waals surface area contributed by atoms with Crippen LogP contribution in [0.2, 0.25) is 0 Å². The van der Waals surface area contributed by atoms with Gasteiger partial charge in [0.15, 0.2) is 5.13 Å². The Morgan fingerprint density at radius 3 is 2.59 bits per heavy atom. The second kappa shape index (κ2) is 8.18. The highest BCUT2D eigenvalue weighted by atomic mass is 32.1. The smallest absolute Gasteiger partial charge is 0.340 e. The van der Waals surface area contributed by atoms with Crippen molar-refractivity contribution in [3.8, 4) is 11.3 Å². The van der Waals surface area contributed by atoms with Gasteiger partial charge in [0.1, 0.15) is 6.54 Å². The van der Waals surface area contributed by atoms with Crippen LogP contribution >= 0.6 is 11.3 Å². The lowest BCUT2D eigenvalue weighted by Crippen LogP contribution is -2.20. The average molecular weight is 383 g/mol. The summed E-state index contributed by atoms with van der Waals surface area (Å²) in [7, 11) is 0. The molecule has 140 valence electrons. The molecule has 0 fully saturated rings. The first kappa shape index (κ1) is 18.8. The largest absolute Gasteiger partial charge is 0.462 e. The zero-order valence-corrected chi connectivity index (χ0v) is 16.3. The molecule has 1 amide bonds. The summed E-state index contributed by atoms with van der Waals surface area (Å²) in [4.78, 5) is 29.1. The van der Waals surface area contributed by atoms with Crippen molar-refractivity contribution in [1.82, 2.24) is 9.55 Å². The highest BCUT2D eigenvalue weighted by Gasteiger charge is 2.25. The van der Waals surface area contributed by atoms with Gasteiger partial charge in [-0.3, -0.25) is 4.79 Å². The molecule has 1 aromatic carbocycles. The van der Waals surface area contributed by atoms with Gasteiger partial charge in [0, 0.05) is 17.3 Å². The van der Waals surface area contributed by atoms with Gasteiger partial charge in [-0.2, -0.15) is 0 Å². The molecule has 0 aliphatic heterocycles. The van der Waals surface area contributed by atoms with Gasteiger partial charge in [-0.1, -0.05) is 30.3 Å². The molecule has 0 aliphatic carbocycles. The van der Waals surface area contributed by atoms with Crippen molar-refractivity contribution in [3.05, 3.63) is 58.7 Å². The molecular weight excluding hydrogens is 362 g/mol. The van der Waals surface area contributed by atoms with Crippen LogP contribution in [0.3, 0.4) is 0 Å². The van der Waals surface area contributed by atoms with Gasteiger partial charge in [-0.05, 0) is 31.9 Å². The number of rotatable bonds is 6. The summed E-state index contributed by atoms with van der Waals surface area (Å²) in [5, 5.41) is 5.14. The SMILES string of the molecule is CCOC(=O)c1c(C)c(-c2ccccc2)n(CC(=O)Nc2nccs2)c1C. The maximum atomic E-state index is 12.6. The molecule has 7 heteroatoms. The van der Waals surface area contributed by atoms with Gasteiger partial charge in [-0.15, -0.1) is 11.3 Å². The first-order valence-corrected chi connectivity index (χ1v) is 9.52. The number of aromatic nitrogens is 2. The minimum absolute atomic E-state index is 0.0793. The van der Waals surface area contributed by atoms with E-state index in [9.17, 15) is 9.59 Å². The standard InChI is InChI=1S/C20H21N3O3S/c1-4-26-19(25)17-13(2)18(15-8-6-5-7-9-15)23(14(17)3)12-16(24)22-20-21-10-11-27-20/h5-11H,4,12H2,1-3H3,(H,21,22,24). The number of thiazole rings is 1. The molecule has 0 radical (unpaired) electrons. The number of benzene rings is 1. The second-order valence-electron chi connectivity index (χ2n) is 5.99. The van der Waals surface area contributed by atoms with Crippen LogP contribution in [-0.4, -0.2) is 28.0 Å². The molecule has 3 rings (SSSR count). The summed E-state index contributed by atoms with van der Waals surface area (Å²) in [5.74, 6) is -0.570. The molecule has 0 aliphatic rings. The number of ether oxygens (including phenoxy) is 1. The van der Waals surface area contributed by atoms with Crippen LogP contribution in [0.25, 0.3) is 11.3 Å². The van der Waals surface area contributed by atoms with E-state index in [1.165, 1.54) is 11.3 Å². The summed E-state index contributed by atoms with van der Waals surface area (Å²) < 4.78 is 7.08. The molecule has 3 aromatic rings. The summed E-state index contributed by atoms with van der Waals surface area (Å²) in [5.41, 5.74) is 3.80. The zero-order chi connectivity index (χ0) is 19.4. The monoisotopic (exact) mass is 383 g/mol. The Morgan fingerprint density at radius 2 is 1.96 bits per heavy atom. The highest BCUT2D eigenvalue weighted by molar-refractivity contribution is 7.13. The number of nitrogens with zero attached hydrogens (tertiary/aromatic N) is 2. The molecule has 6 nitrogen and oxygen atoms in total. The van der Waals surface area contributed by atoms with E-state index in [2.05, 4.69) is 10.3 Å². The normalized spacial score (nSPS) is 10.6. The lowest BCUT2D eigenvalue weighted by molar-refractivity contribution is -0.116. The number of hydrogen-bond acceptors (Lipinski definition) is 5. The van der Waals surface area contributed by atoms with E-state index >= 15 is 0 Å². The van der Waals surface area contributed by atoms with Gasteiger partial charge < -0.3 is 14.6 Å². The number of amides is 1. The maximum absolute atomic E-state index is 12.6.